The minimum Gasteiger partial charge on any atom is -0.481 e. The molecule has 0 aliphatic heterocycles. The molecule has 0 radical (unpaired) electrons. The van der Waals surface area contributed by atoms with Gasteiger partial charge in [-0.3, -0.25) is 4.79 Å². The zero-order valence-electron chi connectivity index (χ0n) is 13.1. The van der Waals surface area contributed by atoms with E-state index in [0.29, 0.717) is 12.3 Å². The number of rotatable bonds is 7. The highest BCUT2D eigenvalue weighted by Crippen LogP contribution is 2.24. The molecule has 21 heavy (non-hydrogen) atoms. The number of ether oxygens (including phenoxy) is 2. The normalized spacial score (nSPS) is 10.1. The Bertz CT molecular complexity index is 488. The number of amides is 1. The lowest BCUT2D eigenvalue weighted by Crippen LogP contribution is -2.30. The Morgan fingerprint density at radius 2 is 1.71 bits per heavy atom. The van der Waals surface area contributed by atoms with Gasteiger partial charge in [-0.15, -0.1) is 0 Å². The summed E-state index contributed by atoms with van der Waals surface area (Å²) in [4.78, 5) is 22.9. The second-order valence-corrected chi connectivity index (χ2v) is 5.03. The van der Waals surface area contributed by atoms with Crippen LogP contribution in [0, 0.1) is 20.8 Å². The number of nitrogens with one attached hydrogen (secondary N) is 1. The third-order valence-electron chi connectivity index (χ3n) is 2.88. The van der Waals surface area contributed by atoms with Crippen LogP contribution >= 0.6 is 0 Å². The van der Waals surface area contributed by atoms with Gasteiger partial charge in [0, 0.05) is 6.54 Å². The van der Waals surface area contributed by atoms with Crippen LogP contribution in [-0.2, 0) is 14.3 Å². The number of benzene rings is 1. The van der Waals surface area contributed by atoms with Crippen molar-refractivity contribution in [2.24, 2.45) is 0 Å². The maximum atomic E-state index is 11.6. The van der Waals surface area contributed by atoms with E-state index in [1.807, 2.05) is 39.8 Å². The monoisotopic (exact) mass is 293 g/mol. The Hall–Kier alpha value is -2.04. The first-order chi connectivity index (χ1) is 9.93. The van der Waals surface area contributed by atoms with E-state index in [4.69, 9.17) is 9.47 Å². The summed E-state index contributed by atoms with van der Waals surface area (Å²) in [5.74, 6) is -0.165. The predicted octanol–water partition coefficient (Wildman–Crippen LogP) is 2.06. The second-order valence-electron chi connectivity index (χ2n) is 5.03. The van der Waals surface area contributed by atoms with Crippen LogP contribution < -0.4 is 10.1 Å². The lowest BCUT2D eigenvalue weighted by atomic mass is 10.1. The molecule has 1 N–H and O–H groups in total. The fraction of sp³-hybridized carbons (Fsp3) is 0.500. The molecule has 5 nitrogen and oxygen atoms in total. The van der Waals surface area contributed by atoms with E-state index >= 15 is 0 Å². The molecular weight excluding hydrogens is 270 g/mol. The Labute approximate surface area is 125 Å². The third kappa shape index (κ3) is 5.85. The molecule has 0 saturated heterocycles. The molecule has 1 rings (SSSR count). The lowest BCUT2D eigenvalue weighted by Gasteiger charge is -2.12. The van der Waals surface area contributed by atoms with Gasteiger partial charge in [-0.25, -0.2) is 4.79 Å². The Morgan fingerprint density at radius 1 is 1.10 bits per heavy atom. The Kier molecular flexibility index (Phi) is 6.72. The predicted molar refractivity (Wildman–Crippen MR) is 80.4 cm³/mol. The first kappa shape index (κ1) is 17.0. The van der Waals surface area contributed by atoms with Crippen molar-refractivity contribution in [3.05, 3.63) is 28.8 Å². The van der Waals surface area contributed by atoms with Crippen molar-refractivity contribution < 1.29 is 19.1 Å². The summed E-state index contributed by atoms with van der Waals surface area (Å²) in [6.45, 7) is 7.92. The van der Waals surface area contributed by atoms with Crippen LogP contribution in [0.25, 0.3) is 0 Å². The number of hydrogen-bond acceptors (Lipinski definition) is 4. The maximum absolute atomic E-state index is 11.6. The minimum absolute atomic E-state index is 0.203. The highest BCUT2D eigenvalue weighted by Gasteiger charge is 2.10. The fourth-order valence-corrected chi connectivity index (χ4v) is 2.03. The van der Waals surface area contributed by atoms with Gasteiger partial charge in [0.25, 0.3) is 5.91 Å². The molecule has 0 bridgehead atoms. The van der Waals surface area contributed by atoms with Crippen molar-refractivity contribution in [1.82, 2.24) is 5.32 Å². The zero-order chi connectivity index (χ0) is 15.8. The number of esters is 1. The van der Waals surface area contributed by atoms with Gasteiger partial charge in [0.2, 0.25) is 0 Å². The Balaban J connectivity index is 2.42. The number of carbonyl (C=O) groups excluding carboxylic acids is 2. The van der Waals surface area contributed by atoms with Gasteiger partial charge in [0.15, 0.2) is 13.2 Å². The molecule has 0 unspecified atom stereocenters. The van der Waals surface area contributed by atoms with E-state index in [2.05, 4.69) is 5.32 Å². The van der Waals surface area contributed by atoms with Crippen LogP contribution in [0.3, 0.4) is 0 Å². The average Bonchev–Trinajstić information content (AvgIpc) is 2.41. The van der Waals surface area contributed by atoms with Gasteiger partial charge in [-0.05, 0) is 38.3 Å². The van der Waals surface area contributed by atoms with Crippen LogP contribution in [0.2, 0.25) is 0 Å². The van der Waals surface area contributed by atoms with E-state index < -0.39 is 5.97 Å². The number of aryl methyl sites for hydroxylation is 3. The van der Waals surface area contributed by atoms with Crippen LogP contribution in [0.1, 0.15) is 30.0 Å². The maximum Gasteiger partial charge on any atom is 0.344 e. The third-order valence-corrected chi connectivity index (χ3v) is 2.88. The van der Waals surface area contributed by atoms with Crippen molar-refractivity contribution in [3.8, 4) is 5.75 Å². The second kappa shape index (κ2) is 8.29. The highest BCUT2D eigenvalue weighted by atomic mass is 16.6. The van der Waals surface area contributed by atoms with E-state index in [1.54, 1.807) is 0 Å². The van der Waals surface area contributed by atoms with Crippen LogP contribution in [0.4, 0.5) is 0 Å². The van der Waals surface area contributed by atoms with Crippen LogP contribution in [0.5, 0.6) is 5.75 Å². The van der Waals surface area contributed by atoms with Crippen molar-refractivity contribution >= 4 is 11.9 Å². The van der Waals surface area contributed by atoms with Gasteiger partial charge >= 0.3 is 5.97 Å². The Morgan fingerprint density at radius 3 is 2.29 bits per heavy atom. The first-order valence-corrected chi connectivity index (χ1v) is 7.07. The van der Waals surface area contributed by atoms with Crippen LogP contribution in [-0.4, -0.2) is 31.6 Å². The minimum atomic E-state index is -0.555. The molecule has 116 valence electrons. The smallest absolute Gasteiger partial charge is 0.344 e. The zero-order valence-corrected chi connectivity index (χ0v) is 13.1. The standard InChI is InChI=1S/C16H23NO4/c1-5-6-17-14(18)9-20-15(19)10-21-16-12(3)7-11(2)8-13(16)4/h7-8H,5-6,9-10H2,1-4H3,(H,17,18). The van der Waals surface area contributed by atoms with E-state index in [1.165, 1.54) is 0 Å². The molecule has 0 spiro atoms. The summed E-state index contributed by atoms with van der Waals surface area (Å²) in [6, 6.07) is 3.98. The van der Waals surface area contributed by atoms with Crippen molar-refractivity contribution in [2.75, 3.05) is 19.8 Å². The number of hydrogen-bond donors (Lipinski definition) is 1. The molecule has 1 aromatic rings. The van der Waals surface area contributed by atoms with Gasteiger partial charge in [-0.2, -0.15) is 0 Å². The van der Waals surface area contributed by atoms with E-state index in [9.17, 15) is 9.59 Å². The van der Waals surface area contributed by atoms with Gasteiger partial charge in [0.05, 0.1) is 0 Å². The van der Waals surface area contributed by atoms with Crippen LogP contribution in [0.15, 0.2) is 12.1 Å². The molecule has 1 aromatic carbocycles. The molecule has 0 fully saturated rings. The lowest BCUT2D eigenvalue weighted by molar-refractivity contribution is -0.150. The molecule has 0 aliphatic carbocycles. The topological polar surface area (TPSA) is 64.6 Å². The summed E-state index contributed by atoms with van der Waals surface area (Å²) in [5.41, 5.74) is 3.09. The molecular formula is C16H23NO4. The summed E-state index contributed by atoms with van der Waals surface area (Å²) in [7, 11) is 0. The summed E-state index contributed by atoms with van der Waals surface area (Å²) in [6.07, 6.45) is 0.842. The summed E-state index contributed by atoms with van der Waals surface area (Å²) in [5, 5.41) is 2.63. The molecule has 0 saturated carbocycles. The quantitative estimate of drug-likeness (QED) is 0.782. The summed E-state index contributed by atoms with van der Waals surface area (Å²) >= 11 is 0. The van der Waals surface area contributed by atoms with Crippen molar-refractivity contribution in [3.63, 3.8) is 0 Å². The first-order valence-electron chi connectivity index (χ1n) is 7.07. The largest absolute Gasteiger partial charge is 0.481 e. The van der Waals surface area contributed by atoms with E-state index in [0.717, 1.165) is 23.1 Å². The molecule has 1 amide bonds. The molecule has 0 aliphatic rings. The molecule has 0 heterocycles. The molecule has 0 aromatic heterocycles. The van der Waals surface area contributed by atoms with E-state index in [-0.39, 0.29) is 19.1 Å². The highest BCUT2D eigenvalue weighted by molar-refractivity contribution is 5.80. The number of carbonyl (C=O) groups is 2. The summed E-state index contributed by atoms with van der Waals surface area (Å²) < 4.78 is 10.3. The van der Waals surface area contributed by atoms with Gasteiger partial charge < -0.3 is 14.8 Å². The molecule has 0 atom stereocenters. The average molecular weight is 293 g/mol. The van der Waals surface area contributed by atoms with Gasteiger partial charge in [-0.1, -0.05) is 24.6 Å². The van der Waals surface area contributed by atoms with Crippen molar-refractivity contribution in [1.29, 1.82) is 0 Å². The van der Waals surface area contributed by atoms with Gasteiger partial charge in [0.1, 0.15) is 5.75 Å². The SMILES string of the molecule is CCCNC(=O)COC(=O)COc1c(C)cc(C)cc1C. The van der Waals surface area contributed by atoms with Crippen molar-refractivity contribution in [2.45, 2.75) is 34.1 Å². The fourth-order valence-electron chi connectivity index (χ4n) is 2.03. The molecule has 5 heteroatoms.